The highest BCUT2D eigenvalue weighted by molar-refractivity contribution is 5.95. The quantitative estimate of drug-likeness (QED) is 0.725. The van der Waals surface area contributed by atoms with Gasteiger partial charge in [0.25, 0.3) is 11.5 Å². The van der Waals surface area contributed by atoms with Crippen molar-refractivity contribution in [3.8, 4) is 6.07 Å². The van der Waals surface area contributed by atoms with Crippen molar-refractivity contribution in [2.45, 2.75) is 25.8 Å². The Kier molecular flexibility index (Phi) is 6.85. The lowest BCUT2D eigenvalue weighted by Crippen LogP contribution is -2.43. The van der Waals surface area contributed by atoms with Crippen LogP contribution >= 0.6 is 0 Å². The number of methoxy groups -OCH3 is 1. The summed E-state index contributed by atoms with van der Waals surface area (Å²) >= 11 is 0. The van der Waals surface area contributed by atoms with Crippen LogP contribution in [0.15, 0.2) is 35.3 Å². The number of nitrogens with zero attached hydrogens (tertiary/aromatic N) is 5. The zero-order valence-corrected chi connectivity index (χ0v) is 17.7. The summed E-state index contributed by atoms with van der Waals surface area (Å²) in [7, 11) is 3.53. The number of aryl methyl sites for hydroxylation is 1. The summed E-state index contributed by atoms with van der Waals surface area (Å²) in [4.78, 5) is 29.4. The van der Waals surface area contributed by atoms with Gasteiger partial charge in [0.15, 0.2) is 0 Å². The first-order chi connectivity index (χ1) is 14.4. The largest absolute Gasteiger partial charge is 0.383 e. The Balaban J connectivity index is 1.75. The van der Waals surface area contributed by atoms with Crippen LogP contribution in [0.5, 0.6) is 0 Å². The molecule has 158 valence electrons. The van der Waals surface area contributed by atoms with Crippen molar-refractivity contribution in [3.05, 3.63) is 57.5 Å². The number of aromatic nitrogens is 2. The van der Waals surface area contributed by atoms with Crippen molar-refractivity contribution >= 4 is 11.6 Å². The summed E-state index contributed by atoms with van der Waals surface area (Å²) in [6.45, 7) is 4.14. The minimum absolute atomic E-state index is 0.0781. The zero-order valence-electron chi connectivity index (χ0n) is 17.7. The van der Waals surface area contributed by atoms with E-state index in [1.807, 2.05) is 18.9 Å². The van der Waals surface area contributed by atoms with Crippen LogP contribution in [0.2, 0.25) is 0 Å². The second-order valence-corrected chi connectivity index (χ2v) is 7.60. The van der Waals surface area contributed by atoms with Gasteiger partial charge in [0.05, 0.1) is 36.2 Å². The number of likely N-dealkylation sites (tertiary alicyclic amines) is 1. The molecule has 0 N–H and O–H groups in total. The monoisotopic (exact) mass is 409 g/mol. The van der Waals surface area contributed by atoms with E-state index in [9.17, 15) is 9.59 Å². The number of hydrogen-bond acceptors (Lipinski definition) is 6. The van der Waals surface area contributed by atoms with E-state index in [-0.39, 0.29) is 17.5 Å². The van der Waals surface area contributed by atoms with E-state index >= 15 is 0 Å². The highest BCUT2D eigenvalue weighted by atomic mass is 16.5. The maximum Gasteiger partial charge on any atom is 0.269 e. The van der Waals surface area contributed by atoms with Gasteiger partial charge >= 0.3 is 0 Å². The second kappa shape index (κ2) is 9.55. The molecule has 0 saturated carbocycles. The van der Waals surface area contributed by atoms with Crippen LogP contribution in [0.1, 0.15) is 40.4 Å². The summed E-state index contributed by atoms with van der Waals surface area (Å²) in [5.74, 6) is -0.0781. The lowest BCUT2D eigenvalue weighted by molar-refractivity contribution is 0.0669. The molecule has 30 heavy (non-hydrogen) atoms. The molecule has 2 heterocycles. The first-order valence-electron chi connectivity index (χ1n) is 10.0. The number of benzene rings is 1. The molecule has 1 fully saturated rings. The Labute approximate surface area is 176 Å². The van der Waals surface area contributed by atoms with Crippen molar-refractivity contribution in [2.24, 2.45) is 0 Å². The van der Waals surface area contributed by atoms with Crippen LogP contribution in [0.4, 0.5) is 5.69 Å². The smallest absolute Gasteiger partial charge is 0.269 e. The molecular weight excluding hydrogens is 382 g/mol. The fraction of sp³-hybridized carbons (Fsp3) is 0.455. The van der Waals surface area contributed by atoms with E-state index in [1.54, 1.807) is 42.5 Å². The molecule has 0 unspecified atom stereocenters. The van der Waals surface area contributed by atoms with Gasteiger partial charge in [-0.2, -0.15) is 10.4 Å². The van der Waals surface area contributed by atoms with Gasteiger partial charge < -0.3 is 14.5 Å². The topological polar surface area (TPSA) is 91.5 Å². The van der Waals surface area contributed by atoms with Gasteiger partial charge in [-0.15, -0.1) is 0 Å². The van der Waals surface area contributed by atoms with E-state index in [1.165, 1.54) is 4.68 Å². The van der Waals surface area contributed by atoms with Gasteiger partial charge in [0.1, 0.15) is 0 Å². The first kappa shape index (κ1) is 21.5. The van der Waals surface area contributed by atoms with Crippen molar-refractivity contribution in [1.29, 1.82) is 5.26 Å². The van der Waals surface area contributed by atoms with Crippen LogP contribution < -0.4 is 10.5 Å². The Morgan fingerprint density at radius 1 is 1.40 bits per heavy atom. The summed E-state index contributed by atoms with van der Waals surface area (Å²) in [6, 6.07) is 8.59. The Bertz CT molecular complexity index is 1010. The number of likely N-dealkylation sites (N-methyl/N-ethyl adjacent to an activating group) is 1. The third-order valence-electron chi connectivity index (χ3n) is 5.50. The molecule has 3 rings (SSSR count). The lowest BCUT2D eigenvalue weighted by Gasteiger charge is -2.33. The number of anilines is 1. The van der Waals surface area contributed by atoms with Gasteiger partial charge in [0, 0.05) is 45.4 Å². The van der Waals surface area contributed by atoms with E-state index < -0.39 is 0 Å². The van der Waals surface area contributed by atoms with Crippen LogP contribution in [0.25, 0.3) is 0 Å². The van der Waals surface area contributed by atoms with Gasteiger partial charge in [0.2, 0.25) is 0 Å². The standard InChI is InChI=1S/C22H27N5O3/c1-16-11-17(13-23)6-7-20(16)22(29)26-8-4-5-18(15-26)27-21(28)12-19(14-24-27)25(2)9-10-30-3/h6-7,11-12,14,18H,4-5,8-10,15H2,1-3H3/t18-/m1/s1. The second-order valence-electron chi connectivity index (χ2n) is 7.60. The number of piperidine rings is 1. The number of hydrogen-bond donors (Lipinski definition) is 0. The Morgan fingerprint density at radius 3 is 2.87 bits per heavy atom. The molecule has 1 saturated heterocycles. The minimum atomic E-state index is -0.175. The van der Waals surface area contributed by atoms with E-state index in [2.05, 4.69) is 11.2 Å². The molecule has 1 aromatic heterocycles. The number of ether oxygens (including phenoxy) is 1. The average molecular weight is 409 g/mol. The molecule has 0 aliphatic carbocycles. The maximum absolute atomic E-state index is 13.0. The summed E-state index contributed by atoms with van der Waals surface area (Å²) in [5.41, 5.74) is 2.47. The average Bonchev–Trinajstić information content (AvgIpc) is 2.76. The fourth-order valence-electron chi connectivity index (χ4n) is 3.73. The molecule has 8 nitrogen and oxygen atoms in total. The van der Waals surface area contributed by atoms with E-state index in [0.29, 0.717) is 37.4 Å². The van der Waals surface area contributed by atoms with Gasteiger partial charge in [-0.25, -0.2) is 4.68 Å². The van der Waals surface area contributed by atoms with Crippen molar-refractivity contribution in [2.75, 3.05) is 45.3 Å². The normalized spacial score (nSPS) is 16.2. The molecule has 1 amide bonds. The van der Waals surface area contributed by atoms with Crippen molar-refractivity contribution in [3.63, 3.8) is 0 Å². The maximum atomic E-state index is 13.0. The predicted octanol–water partition coefficient (Wildman–Crippen LogP) is 1.98. The van der Waals surface area contributed by atoms with Crippen LogP contribution in [-0.2, 0) is 4.74 Å². The number of carbonyl (C=O) groups is 1. The lowest BCUT2D eigenvalue weighted by atomic mass is 10.0. The molecular formula is C22H27N5O3. The van der Waals surface area contributed by atoms with Crippen molar-refractivity contribution < 1.29 is 9.53 Å². The van der Waals surface area contributed by atoms with E-state index in [0.717, 1.165) is 24.1 Å². The summed E-state index contributed by atoms with van der Waals surface area (Å²) < 4.78 is 6.56. The fourth-order valence-corrected chi connectivity index (χ4v) is 3.73. The molecule has 8 heteroatoms. The number of amides is 1. The van der Waals surface area contributed by atoms with E-state index in [4.69, 9.17) is 10.00 Å². The molecule has 1 aliphatic heterocycles. The first-order valence-corrected chi connectivity index (χ1v) is 10.0. The molecule has 1 aliphatic rings. The third-order valence-corrected chi connectivity index (χ3v) is 5.50. The minimum Gasteiger partial charge on any atom is -0.383 e. The van der Waals surface area contributed by atoms with Crippen molar-refractivity contribution in [1.82, 2.24) is 14.7 Å². The molecule has 0 radical (unpaired) electrons. The SMILES string of the molecule is COCCN(C)c1cnn([C@@H]2CCCN(C(=O)c3ccc(C#N)cc3C)C2)c(=O)c1. The van der Waals surface area contributed by atoms with Crippen LogP contribution in [0.3, 0.4) is 0 Å². The molecule has 1 aromatic carbocycles. The highest BCUT2D eigenvalue weighted by Crippen LogP contribution is 2.23. The number of rotatable bonds is 6. The predicted molar refractivity (Wildman–Crippen MR) is 114 cm³/mol. The van der Waals surface area contributed by atoms with Gasteiger partial charge in [-0.05, 0) is 43.5 Å². The van der Waals surface area contributed by atoms with Gasteiger partial charge in [-0.3, -0.25) is 9.59 Å². The Hall–Kier alpha value is -3.18. The summed E-state index contributed by atoms with van der Waals surface area (Å²) in [5, 5.41) is 13.4. The van der Waals surface area contributed by atoms with Crippen LogP contribution in [-0.4, -0.2) is 61.0 Å². The molecule has 0 spiro atoms. The number of nitriles is 1. The Morgan fingerprint density at radius 2 is 2.20 bits per heavy atom. The zero-order chi connectivity index (χ0) is 21.7. The van der Waals surface area contributed by atoms with Gasteiger partial charge in [-0.1, -0.05) is 0 Å². The summed E-state index contributed by atoms with van der Waals surface area (Å²) in [6.07, 6.45) is 3.28. The number of carbonyl (C=O) groups excluding carboxylic acids is 1. The van der Waals surface area contributed by atoms with Crippen LogP contribution in [0, 0.1) is 18.3 Å². The highest BCUT2D eigenvalue weighted by Gasteiger charge is 2.27. The molecule has 0 bridgehead atoms. The molecule has 1 atom stereocenters. The third kappa shape index (κ3) is 4.69. The molecule has 2 aromatic rings.